The molecule has 2 heterocycles. The van der Waals surface area contributed by atoms with Crippen LogP contribution >= 0.6 is 12.2 Å². The Morgan fingerprint density at radius 2 is 2.22 bits per heavy atom. The lowest BCUT2D eigenvalue weighted by molar-refractivity contribution is 0.191. The van der Waals surface area contributed by atoms with Gasteiger partial charge in [-0.3, -0.25) is 0 Å². The van der Waals surface area contributed by atoms with Crippen LogP contribution in [0.2, 0.25) is 0 Å². The maximum absolute atomic E-state index is 5.34. The van der Waals surface area contributed by atoms with Crippen molar-refractivity contribution in [2.45, 2.75) is 32.7 Å². The molecule has 0 spiro atoms. The number of aromatic amines is 1. The number of hydrogen-bond donors (Lipinski definition) is 1. The van der Waals surface area contributed by atoms with E-state index in [1.54, 1.807) is 7.11 Å². The van der Waals surface area contributed by atoms with E-state index in [9.17, 15) is 0 Å². The van der Waals surface area contributed by atoms with Crippen molar-refractivity contribution in [1.82, 2.24) is 14.5 Å². The number of aromatic nitrogens is 3. The third kappa shape index (κ3) is 2.97. The van der Waals surface area contributed by atoms with E-state index in [2.05, 4.69) is 20.6 Å². The zero-order valence-electron chi connectivity index (χ0n) is 10.9. The number of ether oxygens (including phenoxy) is 1. The van der Waals surface area contributed by atoms with Crippen molar-refractivity contribution >= 4 is 23.4 Å². The summed E-state index contributed by atoms with van der Waals surface area (Å²) in [5, 5.41) is 0. The van der Waals surface area contributed by atoms with Gasteiger partial charge < -0.3 is 14.3 Å². The maximum Gasteiger partial charge on any atom is 0.179 e. The number of fused-ring (bicyclic) bond motifs is 1. The monoisotopic (exact) mass is 265 g/mol. The van der Waals surface area contributed by atoms with E-state index in [0.29, 0.717) is 0 Å². The summed E-state index contributed by atoms with van der Waals surface area (Å²) in [7, 11) is 1.74. The highest BCUT2D eigenvalue weighted by Crippen LogP contribution is 2.14. The fraction of sp³-hybridized carbons (Fsp3) is 0.538. The molecule has 18 heavy (non-hydrogen) atoms. The molecule has 0 aliphatic rings. The number of hydrogen-bond acceptors (Lipinski definition) is 3. The van der Waals surface area contributed by atoms with Crippen molar-refractivity contribution < 1.29 is 4.74 Å². The van der Waals surface area contributed by atoms with Crippen LogP contribution in [0.1, 0.15) is 24.8 Å². The van der Waals surface area contributed by atoms with Gasteiger partial charge in [-0.1, -0.05) is 0 Å². The Bertz CT molecular complexity index is 573. The third-order valence-electron chi connectivity index (χ3n) is 2.98. The van der Waals surface area contributed by atoms with Crippen LogP contribution in [0.15, 0.2) is 12.3 Å². The highest BCUT2D eigenvalue weighted by Gasteiger charge is 2.05. The van der Waals surface area contributed by atoms with Gasteiger partial charge in [0.2, 0.25) is 0 Å². The van der Waals surface area contributed by atoms with Gasteiger partial charge in [0.25, 0.3) is 0 Å². The summed E-state index contributed by atoms with van der Waals surface area (Å²) in [6, 6.07) is 2.08. The first kappa shape index (κ1) is 13.2. The summed E-state index contributed by atoms with van der Waals surface area (Å²) in [6.07, 6.45) is 5.22. The number of unbranched alkanes of at least 4 members (excludes halogenated alkanes) is 2. The molecule has 2 aromatic rings. The SMILES string of the molecule is COCCCCCn1c(=S)[nH]c2cc(C)cnc21. The Balaban J connectivity index is 2.08. The third-order valence-corrected chi connectivity index (χ3v) is 3.30. The molecular weight excluding hydrogens is 246 g/mol. The van der Waals surface area contributed by atoms with Gasteiger partial charge in [-0.15, -0.1) is 0 Å². The molecule has 0 radical (unpaired) electrons. The lowest BCUT2D eigenvalue weighted by atomic mass is 10.2. The topological polar surface area (TPSA) is 42.8 Å². The first-order valence-corrected chi connectivity index (χ1v) is 6.67. The molecule has 0 unspecified atom stereocenters. The average Bonchev–Trinajstić information content (AvgIpc) is 2.64. The van der Waals surface area contributed by atoms with Crippen molar-refractivity contribution in [1.29, 1.82) is 0 Å². The molecule has 0 aliphatic carbocycles. The first-order chi connectivity index (χ1) is 8.72. The van der Waals surface area contributed by atoms with Crippen LogP contribution in [-0.4, -0.2) is 28.3 Å². The quantitative estimate of drug-likeness (QED) is 0.644. The fourth-order valence-electron chi connectivity index (χ4n) is 2.05. The molecule has 0 aromatic carbocycles. The van der Waals surface area contributed by atoms with Crippen LogP contribution in [0.5, 0.6) is 0 Å². The van der Waals surface area contributed by atoms with E-state index in [0.717, 1.165) is 53.9 Å². The van der Waals surface area contributed by atoms with Gasteiger partial charge in [0.05, 0.1) is 5.52 Å². The molecule has 0 bridgehead atoms. The van der Waals surface area contributed by atoms with Crippen molar-refractivity contribution in [3.8, 4) is 0 Å². The van der Waals surface area contributed by atoms with Gasteiger partial charge >= 0.3 is 0 Å². The van der Waals surface area contributed by atoms with Crippen LogP contribution in [-0.2, 0) is 11.3 Å². The number of methoxy groups -OCH3 is 1. The Morgan fingerprint density at radius 3 is 3.00 bits per heavy atom. The Kier molecular flexibility index (Phi) is 4.49. The zero-order valence-corrected chi connectivity index (χ0v) is 11.7. The van der Waals surface area contributed by atoms with Crippen molar-refractivity contribution in [3.63, 3.8) is 0 Å². The minimum Gasteiger partial charge on any atom is -0.385 e. The van der Waals surface area contributed by atoms with Crippen LogP contribution in [0.25, 0.3) is 11.2 Å². The number of H-pyrrole nitrogens is 1. The molecule has 0 fully saturated rings. The van der Waals surface area contributed by atoms with E-state index in [1.807, 2.05) is 13.1 Å². The van der Waals surface area contributed by atoms with Gasteiger partial charge in [0.1, 0.15) is 0 Å². The van der Waals surface area contributed by atoms with Gasteiger partial charge in [0, 0.05) is 26.5 Å². The second-order valence-corrected chi connectivity index (χ2v) is 4.91. The summed E-state index contributed by atoms with van der Waals surface area (Å²) >= 11 is 5.34. The Labute approximate surface area is 112 Å². The largest absolute Gasteiger partial charge is 0.385 e. The van der Waals surface area contributed by atoms with E-state index in [-0.39, 0.29) is 0 Å². The summed E-state index contributed by atoms with van der Waals surface area (Å²) < 4.78 is 7.88. The van der Waals surface area contributed by atoms with Crippen molar-refractivity contribution in [2.75, 3.05) is 13.7 Å². The molecule has 0 saturated heterocycles. The van der Waals surface area contributed by atoms with Gasteiger partial charge in [-0.2, -0.15) is 0 Å². The fourth-order valence-corrected chi connectivity index (χ4v) is 2.34. The van der Waals surface area contributed by atoms with Gasteiger partial charge in [-0.25, -0.2) is 4.98 Å². The number of nitrogens with zero attached hydrogens (tertiary/aromatic N) is 2. The first-order valence-electron chi connectivity index (χ1n) is 6.26. The molecule has 0 aliphatic heterocycles. The van der Waals surface area contributed by atoms with Crippen LogP contribution in [0.3, 0.4) is 0 Å². The molecule has 4 nitrogen and oxygen atoms in total. The van der Waals surface area contributed by atoms with Gasteiger partial charge in [0.15, 0.2) is 10.4 Å². The number of imidazole rings is 1. The summed E-state index contributed by atoms with van der Waals surface area (Å²) in [5.41, 5.74) is 3.13. The molecule has 98 valence electrons. The molecule has 0 amide bonds. The smallest absolute Gasteiger partial charge is 0.179 e. The minimum absolute atomic E-state index is 0.759. The molecule has 2 aromatic heterocycles. The van der Waals surface area contributed by atoms with E-state index < -0.39 is 0 Å². The van der Waals surface area contributed by atoms with E-state index >= 15 is 0 Å². The second-order valence-electron chi connectivity index (χ2n) is 4.52. The van der Waals surface area contributed by atoms with Gasteiger partial charge in [-0.05, 0) is 50.0 Å². The lowest BCUT2D eigenvalue weighted by Crippen LogP contribution is -2.00. The molecule has 1 N–H and O–H groups in total. The molecular formula is C13H19N3OS. The highest BCUT2D eigenvalue weighted by atomic mass is 32.1. The summed E-state index contributed by atoms with van der Waals surface area (Å²) in [6.45, 7) is 3.78. The number of rotatable bonds is 6. The maximum atomic E-state index is 5.34. The Morgan fingerprint density at radius 1 is 1.39 bits per heavy atom. The number of pyridine rings is 1. The predicted molar refractivity (Wildman–Crippen MR) is 75.4 cm³/mol. The minimum atomic E-state index is 0.759. The summed E-state index contributed by atoms with van der Waals surface area (Å²) in [5.74, 6) is 0. The lowest BCUT2D eigenvalue weighted by Gasteiger charge is -2.04. The standard InChI is InChI=1S/C13H19N3OS/c1-10-8-11-12(14-9-10)16(13(18)15-11)6-4-3-5-7-17-2/h8-9H,3-7H2,1-2H3,(H,15,18). The van der Waals surface area contributed by atoms with Crippen molar-refractivity contribution in [3.05, 3.63) is 22.6 Å². The molecule has 0 saturated carbocycles. The predicted octanol–water partition coefficient (Wildman–Crippen LogP) is 3.22. The van der Waals surface area contributed by atoms with Crippen LogP contribution in [0.4, 0.5) is 0 Å². The second kappa shape index (κ2) is 6.11. The van der Waals surface area contributed by atoms with Crippen LogP contribution < -0.4 is 0 Å². The zero-order chi connectivity index (χ0) is 13.0. The Hall–Kier alpha value is -1.20. The highest BCUT2D eigenvalue weighted by molar-refractivity contribution is 7.71. The van der Waals surface area contributed by atoms with Crippen LogP contribution in [0, 0.1) is 11.7 Å². The molecule has 0 atom stereocenters. The summed E-state index contributed by atoms with van der Waals surface area (Å²) in [4.78, 5) is 7.67. The normalized spacial score (nSPS) is 11.2. The molecule has 2 rings (SSSR count). The van der Waals surface area contributed by atoms with E-state index in [1.165, 1.54) is 0 Å². The average molecular weight is 265 g/mol. The number of aryl methyl sites for hydroxylation is 2. The van der Waals surface area contributed by atoms with Crippen molar-refractivity contribution in [2.24, 2.45) is 0 Å². The number of nitrogens with one attached hydrogen (secondary N) is 1. The molecule has 5 heteroatoms. The van der Waals surface area contributed by atoms with E-state index in [4.69, 9.17) is 17.0 Å².